The Morgan fingerprint density at radius 2 is 1.75 bits per heavy atom. The first-order valence-electron chi connectivity index (χ1n) is 8.27. The molecule has 0 saturated carbocycles. The monoisotopic (exact) mass is 341 g/mol. The zero-order valence-electron chi connectivity index (χ0n) is 14.2. The summed E-state index contributed by atoms with van der Waals surface area (Å²) in [5.41, 5.74) is 5.97. The molecule has 0 bridgehead atoms. The molecule has 0 unspecified atom stereocenters. The number of nitrogens with one attached hydrogen (secondary N) is 1. The minimum absolute atomic E-state index is 0.389. The predicted molar refractivity (Wildman–Crippen MR) is 99.0 cm³/mol. The highest BCUT2D eigenvalue weighted by Crippen LogP contribution is 2.35. The smallest absolute Gasteiger partial charge is 0.175 e. The zero-order valence-corrected chi connectivity index (χ0v) is 15.0. The van der Waals surface area contributed by atoms with Crippen molar-refractivity contribution < 1.29 is 8.42 Å². The Bertz CT molecular complexity index is 882. The lowest BCUT2D eigenvalue weighted by atomic mass is 9.93. The standard InChI is InChI=1S/C20H23NO2S/c1-21-13-5-8-19-18-7-4-3-6-15(18)9-10-16-11-12-17(14-20(16)19)24(2,22)23/h3-4,6-8,11-12,14,21H,5,9-10,13H2,1-2H3. The van der Waals surface area contributed by atoms with Crippen LogP contribution < -0.4 is 5.32 Å². The molecule has 3 rings (SSSR count). The number of rotatable bonds is 4. The van der Waals surface area contributed by atoms with Gasteiger partial charge in [-0.25, -0.2) is 8.42 Å². The fourth-order valence-corrected chi connectivity index (χ4v) is 3.90. The van der Waals surface area contributed by atoms with Crippen LogP contribution >= 0.6 is 0 Å². The summed E-state index contributed by atoms with van der Waals surface area (Å²) in [5.74, 6) is 0. The molecule has 0 radical (unpaired) electrons. The molecule has 1 aliphatic carbocycles. The highest BCUT2D eigenvalue weighted by atomic mass is 32.2. The number of hydrogen-bond acceptors (Lipinski definition) is 3. The summed E-state index contributed by atoms with van der Waals surface area (Å²) in [5, 5.41) is 3.17. The minimum atomic E-state index is -3.21. The van der Waals surface area contributed by atoms with Gasteiger partial charge >= 0.3 is 0 Å². The summed E-state index contributed by atoms with van der Waals surface area (Å²) in [6.45, 7) is 0.896. The Kier molecular flexibility index (Phi) is 4.88. The van der Waals surface area contributed by atoms with Gasteiger partial charge in [-0.05, 0) is 72.8 Å². The Balaban J connectivity index is 2.20. The van der Waals surface area contributed by atoms with Crippen LogP contribution in [0.3, 0.4) is 0 Å². The second-order valence-corrected chi connectivity index (χ2v) is 8.27. The van der Waals surface area contributed by atoms with E-state index in [9.17, 15) is 8.42 Å². The Morgan fingerprint density at radius 1 is 1.04 bits per heavy atom. The van der Waals surface area contributed by atoms with E-state index in [1.54, 1.807) is 6.07 Å². The number of hydrogen-bond donors (Lipinski definition) is 1. The van der Waals surface area contributed by atoms with Gasteiger partial charge in [-0.3, -0.25) is 0 Å². The van der Waals surface area contributed by atoms with Gasteiger partial charge in [0.25, 0.3) is 0 Å². The largest absolute Gasteiger partial charge is 0.319 e. The van der Waals surface area contributed by atoms with Gasteiger partial charge in [-0.1, -0.05) is 36.4 Å². The Hall–Kier alpha value is -1.91. The van der Waals surface area contributed by atoms with Crippen LogP contribution in [0.4, 0.5) is 0 Å². The summed E-state index contributed by atoms with van der Waals surface area (Å²) in [4.78, 5) is 0.389. The molecule has 0 fully saturated rings. The fourth-order valence-electron chi connectivity index (χ4n) is 3.25. The topological polar surface area (TPSA) is 46.2 Å². The van der Waals surface area contributed by atoms with Crippen LogP contribution in [0, 0.1) is 0 Å². The van der Waals surface area contributed by atoms with E-state index in [0.29, 0.717) is 4.90 Å². The number of aryl methyl sites for hydroxylation is 2. The van der Waals surface area contributed by atoms with E-state index in [4.69, 9.17) is 0 Å². The molecule has 1 aliphatic rings. The van der Waals surface area contributed by atoms with Gasteiger partial charge in [0.15, 0.2) is 9.84 Å². The van der Waals surface area contributed by atoms with Crippen molar-refractivity contribution in [1.82, 2.24) is 5.32 Å². The molecule has 0 spiro atoms. The van der Waals surface area contributed by atoms with Crippen molar-refractivity contribution >= 4 is 15.4 Å². The molecule has 0 amide bonds. The van der Waals surface area contributed by atoms with Crippen LogP contribution in [0.5, 0.6) is 0 Å². The van der Waals surface area contributed by atoms with E-state index >= 15 is 0 Å². The summed E-state index contributed by atoms with van der Waals surface area (Å²) in [6, 6.07) is 14.0. The molecule has 1 N–H and O–H groups in total. The zero-order chi connectivity index (χ0) is 17.2. The van der Waals surface area contributed by atoms with Crippen LogP contribution in [0.2, 0.25) is 0 Å². The van der Waals surface area contributed by atoms with E-state index in [0.717, 1.165) is 36.9 Å². The number of sulfone groups is 1. The highest BCUT2D eigenvalue weighted by Gasteiger charge is 2.19. The van der Waals surface area contributed by atoms with Crippen LogP contribution in [0.15, 0.2) is 53.4 Å². The molecule has 0 aliphatic heterocycles. The first-order chi connectivity index (χ1) is 11.5. The third-order valence-corrected chi connectivity index (χ3v) is 5.62. The minimum Gasteiger partial charge on any atom is -0.319 e. The van der Waals surface area contributed by atoms with Gasteiger partial charge in [0.2, 0.25) is 0 Å². The maximum absolute atomic E-state index is 12.0. The number of fused-ring (bicyclic) bond motifs is 2. The Morgan fingerprint density at radius 3 is 2.46 bits per heavy atom. The summed E-state index contributed by atoms with van der Waals surface area (Å²) < 4.78 is 24.0. The van der Waals surface area contributed by atoms with E-state index in [2.05, 4.69) is 35.7 Å². The van der Waals surface area contributed by atoms with Crippen molar-refractivity contribution in [3.8, 4) is 0 Å². The SMILES string of the molecule is CNCCC=C1c2ccccc2CCc2ccc(S(C)(=O)=O)cc21. The van der Waals surface area contributed by atoms with Crippen molar-refractivity contribution in [1.29, 1.82) is 0 Å². The van der Waals surface area contributed by atoms with E-state index < -0.39 is 9.84 Å². The maximum Gasteiger partial charge on any atom is 0.175 e. The predicted octanol–water partition coefficient (Wildman–Crippen LogP) is 3.23. The molecule has 126 valence electrons. The third-order valence-electron chi connectivity index (χ3n) is 4.51. The molecule has 2 aromatic rings. The fraction of sp³-hybridized carbons (Fsp3) is 0.300. The molecule has 0 saturated heterocycles. The van der Waals surface area contributed by atoms with Crippen LogP contribution in [0.1, 0.15) is 28.7 Å². The molecule has 24 heavy (non-hydrogen) atoms. The van der Waals surface area contributed by atoms with E-state index in [1.165, 1.54) is 22.9 Å². The Labute approximate surface area is 144 Å². The first-order valence-corrected chi connectivity index (χ1v) is 10.2. The second-order valence-electron chi connectivity index (χ2n) is 6.26. The van der Waals surface area contributed by atoms with E-state index in [-0.39, 0.29) is 0 Å². The van der Waals surface area contributed by atoms with Gasteiger partial charge in [-0.15, -0.1) is 0 Å². The van der Waals surface area contributed by atoms with Crippen molar-refractivity contribution in [2.24, 2.45) is 0 Å². The van der Waals surface area contributed by atoms with Crippen molar-refractivity contribution in [2.75, 3.05) is 19.8 Å². The molecule has 2 aromatic carbocycles. The van der Waals surface area contributed by atoms with Crippen LogP contribution in [-0.2, 0) is 22.7 Å². The third kappa shape index (κ3) is 3.45. The quantitative estimate of drug-likeness (QED) is 0.869. The van der Waals surface area contributed by atoms with Crippen molar-refractivity contribution in [3.63, 3.8) is 0 Å². The lowest BCUT2D eigenvalue weighted by Gasteiger charge is -2.13. The van der Waals surface area contributed by atoms with Crippen molar-refractivity contribution in [3.05, 3.63) is 70.8 Å². The van der Waals surface area contributed by atoms with E-state index in [1.807, 2.05) is 19.2 Å². The molecular weight excluding hydrogens is 318 g/mol. The maximum atomic E-state index is 12.0. The van der Waals surface area contributed by atoms with Gasteiger partial charge in [0.05, 0.1) is 4.90 Å². The molecule has 3 nitrogen and oxygen atoms in total. The summed E-state index contributed by atoms with van der Waals surface area (Å²) in [7, 11) is -1.27. The number of benzene rings is 2. The van der Waals surface area contributed by atoms with Crippen molar-refractivity contribution in [2.45, 2.75) is 24.2 Å². The highest BCUT2D eigenvalue weighted by molar-refractivity contribution is 7.90. The average Bonchev–Trinajstić information content (AvgIpc) is 2.71. The second kappa shape index (κ2) is 6.91. The van der Waals surface area contributed by atoms with Crippen LogP contribution in [0.25, 0.3) is 5.57 Å². The molecule has 4 heteroatoms. The lowest BCUT2D eigenvalue weighted by Crippen LogP contribution is -2.06. The summed E-state index contributed by atoms with van der Waals surface area (Å²) >= 11 is 0. The van der Waals surface area contributed by atoms with Crippen LogP contribution in [-0.4, -0.2) is 28.3 Å². The summed E-state index contributed by atoms with van der Waals surface area (Å²) in [6.07, 6.45) is 6.31. The van der Waals surface area contributed by atoms with Gasteiger partial charge in [0.1, 0.15) is 0 Å². The van der Waals surface area contributed by atoms with Gasteiger partial charge < -0.3 is 5.32 Å². The molecule has 0 atom stereocenters. The molecular formula is C20H23NO2S. The molecule has 0 heterocycles. The van der Waals surface area contributed by atoms with Gasteiger partial charge in [0, 0.05) is 6.26 Å². The first kappa shape index (κ1) is 16.9. The van der Waals surface area contributed by atoms with Gasteiger partial charge in [-0.2, -0.15) is 0 Å². The molecule has 0 aromatic heterocycles. The average molecular weight is 341 g/mol. The normalized spacial score (nSPS) is 15.7. The lowest BCUT2D eigenvalue weighted by molar-refractivity contribution is 0.602.